The number of pyridine rings is 1. The van der Waals surface area contributed by atoms with Crippen LogP contribution in [-0.4, -0.2) is 32.7 Å². The molecule has 2 aromatic heterocycles. The van der Waals surface area contributed by atoms with E-state index in [0.29, 0.717) is 5.69 Å². The van der Waals surface area contributed by atoms with Crippen molar-refractivity contribution in [2.24, 2.45) is 0 Å². The van der Waals surface area contributed by atoms with Crippen LogP contribution in [-0.2, 0) is 0 Å². The molecule has 0 atom stereocenters. The average molecular weight is 203 g/mol. The Kier molecular flexibility index (Phi) is 2.40. The van der Waals surface area contributed by atoms with E-state index in [1.54, 1.807) is 36.4 Å². The normalized spacial score (nSPS) is 9.93. The minimum absolute atomic E-state index is 0.225. The molecule has 15 heavy (non-hydrogen) atoms. The first-order valence-electron chi connectivity index (χ1n) is 4.34. The van der Waals surface area contributed by atoms with Crippen molar-refractivity contribution in [2.45, 2.75) is 0 Å². The summed E-state index contributed by atoms with van der Waals surface area (Å²) in [5.41, 5.74) is 1.10. The van der Waals surface area contributed by atoms with Crippen molar-refractivity contribution in [3.05, 3.63) is 36.7 Å². The van der Waals surface area contributed by atoms with Gasteiger partial charge >= 0.3 is 0 Å². The zero-order valence-corrected chi connectivity index (χ0v) is 8.08. The highest BCUT2D eigenvalue weighted by molar-refractivity contribution is 5.92. The zero-order valence-electron chi connectivity index (χ0n) is 8.08. The molecule has 0 aliphatic rings. The summed E-state index contributed by atoms with van der Waals surface area (Å²) in [7, 11) is 1.56. The summed E-state index contributed by atoms with van der Waals surface area (Å²) in [6.45, 7) is 0. The Bertz CT molecular complexity index is 465. The maximum Gasteiger partial charge on any atom is 0.269 e. The number of hydrogen-bond donors (Lipinski definition) is 1. The third kappa shape index (κ3) is 1.83. The first-order valence-corrected chi connectivity index (χ1v) is 4.34. The minimum atomic E-state index is -0.225. The molecule has 0 fully saturated rings. The molecule has 76 valence electrons. The number of amides is 1. The van der Waals surface area contributed by atoms with Crippen LogP contribution in [0.4, 0.5) is 0 Å². The molecule has 2 heterocycles. The average Bonchev–Trinajstić information content (AvgIpc) is 2.82. The van der Waals surface area contributed by atoms with E-state index < -0.39 is 0 Å². The molecule has 1 amide bonds. The minimum Gasteiger partial charge on any atom is -0.354 e. The van der Waals surface area contributed by atoms with Crippen molar-refractivity contribution < 1.29 is 4.79 Å². The van der Waals surface area contributed by atoms with Gasteiger partial charge < -0.3 is 5.32 Å². The van der Waals surface area contributed by atoms with E-state index in [2.05, 4.69) is 20.4 Å². The van der Waals surface area contributed by atoms with Gasteiger partial charge in [0.2, 0.25) is 0 Å². The van der Waals surface area contributed by atoms with Gasteiger partial charge in [0.25, 0.3) is 5.91 Å². The number of nitrogens with one attached hydrogen (secondary N) is 1. The van der Waals surface area contributed by atoms with Crippen LogP contribution in [0, 0.1) is 0 Å². The Morgan fingerprint density at radius 1 is 1.53 bits per heavy atom. The van der Waals surface area contributed by atoms with Gasteiger partial charge in [0.15, 0.2) is 0 Å². The number of aromatic nitrogens is 4. The van der Waals surface area contributed by atoms with Crippen LogP contribution in [0.15, 0.2) is 31.0 Å². The van der Waals surface area contributed by atoms with Gasteiger partial charge in [-0.3, -0.25) is 9.78 Å². The standard InChI is InChI=1S/C9H9N5O/c1-10-9(15)8-4-7(2-3-12-8)14-6-11-5-13-14/h2-6H,1H3,(H,10,15). The third-order valence-electron chi connectivity index (χ3n) is 1.89. The molecule has 6 heteroatoms. The summed E-state index contributed by atoms with van der Waals surface area (Å²) in [5.74, 6) is -0.225. The number of carbonyl (C=O) groups excluding carboxylic acids is 1. The fraction of sp³-hybridized carbons (Fsp3) is 0.111. The molecule has 2 rings (SSSR count). The van der Waals surface area contributed by atoms with Crippen molar-refractivity contribution >= 4 is 5.91 Å². The fourth-order valence-electron chi connectivity index (χ4n) is 1.16. The Morgan fingerprint density at radius 3 is 3.07 bits per heavy atom. The Balaban J connectivity index is 2.39. The van der Waals surface area contributed by atoms with E-state index in [1.165, 1.54) is 6.33 Å². The second-order valence-corrected chi connectivity index (χ2v) is 2.82. The third-order valence-corrected chi connectivity index (χ3v) is 1.89. The molecule has 0 saturated carbocycles. The summed E-state index contributed by atoms with van der Waals surface area (Å²) in [4.78, 5) is 19.1. The van der Waals surface area contributed by atoms with Crippen molar-refractivity contribution in [1.82, 2.24) is 25.1 Å². The number of hydrogen-bond acceptors (Lipinski definition) is 4. The lowest BCUT2D eigenvalue weighted by Crippen LogP contribution is -2.19. The largest absolute Gasteiger partial charge is 0.354 e. The fourth-order valence-corrected chi connectivity index (χ4v) is 1.16. The Labute approximate surface area is 86.0 Å². The van der Waals surface area contributed by atoms with Gasteiger partial charge in [-0.05, 0) is 12.1 Å². The molecule has 0 aliphatic heterocycles. The Morgan fingerprint density at radius 2 is 2.40 bits per heavy atom. The van der Waals surface area contributed by atoms with E-state index >= 15 is 0 Å². The van der Waals surface area contributed by atoms with E-state index in [0.717, 1.165) is 5.69 Å². The first kappa shape index (κ1) is 9.32. The molecule has 2 aromatic rings. The second kappa shape index (κ2) is 3.87. The van der Waals surface area contributed by atoms with Crippen molar-refractivity contribution in [3.8, 4) is 5.69 Å². The molecule has 0 unspecified atom stereocenters. The predicted molar refractivity (Wildman–Crippen MR) is 52.5 cm³/mol. The SMILES string of the molecule is CNC(=O)c1cc(-n2cncn2)ccn1. The molecular formula is C9H9N5O. The number of rotatable bonds is 2. The van der Waals surface area contributed by atoms with Gasteiger partial charge in [-0.25, -0.2) is 9.67 Å². The summed E-state index contributed by atoms with van der Waals surface area (Å²) >= 11 is 0. The molecule has 0 saturated heterocycles. The topological polar surface area (TPSA) is 72.7 Å². The zero-order chi connectivity index (χ0) is 10.7. The van der Waals surface area contributed by atoms with Gasteiger partial charge in [0, 0.05) is 13.2 Å². The summed E-state index contributed by atoms with van der Waals surface area (Å²) in [5, 5.41) is 6.47. The van der Waals surface area contributed by atoms with Crippen LogP contribution >= 0.6 is 0 Å². The summed E-state index contributed by atoms with van der Waals surface area (Å²) < 4.78 is 1.56. The highest BCUT2D eigenvalue weighted by Gasteiger charge is 2.06. The van der Waals surface area contributed by atoms with Crippen LogP contribution in [0.25, 0.3) is 5.69 Å². The van der Waals surface area contributed by atoms with Gasteiger partial charge in [-0.2, -0.15) is 5.10 Å². The van der Waals surface area contributed by atoms with Crippen LogP contribution in [0.2, 0.25) is 0 Å². The molecule has 0 bridgehead atoms. The van der Waals surface area contributed by atoms with Gasteiger partial charge in [0.1, 0.15) is 18.3 Å². The molecule has 1 N–H and O–H groups in total. The van der Waals surface area contributed by atoms with Gasteiger partial charge in [-0.15, -0.1) is 0 Å². The van der Waals surface area contributed by atoms with Crippen molar-refractivity contribution in [1.29, 1.82) is 0 Å². The molecule has 0 aliphatic carbocycles. The molecule has 0 radical (unpaired) electrons. The van der Waals surface area contributed by atoms with Crippen LogP contribution in [0.3, 0.4) is 0 Å². The molecule has 0 aromatic carbocycles. The van der Waals surface area contributed by atoms with Gasteiger partial charge in [0.05, 0.1) is 5.69 Å². The maximum atomic E-state index is 11.3. The predicted octanol–water partition coefficient (Wildman–Crippen LogP) is 0.0219. The monoisotopic (exact) mass is 203 g/mol. The lowest BCUT2D eigenvalue weighted by atomic mass is 10.3. The van der Waals surface area contributed by atoms with Gasteiger partial charge in [-0.1, -0.05) is 0 Å². The van der Waals surface area contributed by atoms with E-state index in [1.807, 2.05) is 0 Å². The lowest BCUT2D eigenvalue weighted by Gasteiger charge is -2.02. The number of nitrogens with zero attached hydrogens (tertiary/aromatic N) is 4. The molecule has 6 nitrogen and oxygen atoms in total. The first-order chi connectivity index (χ1) is 7.31. The highest BCUT2D eigenvalue weighted by atomic mass is 16.1. The molecular weight excluding hydrogens is 194 g/mol. The Hall–Kier alpha value is -2.24. The number of carbonyl (C=O) groups is 1. The smallest absolute Gasteiger partial charge is 0.269 e. The van der Waals surface area contributed by atoms with Crippen LogP contribution in [0.5, 0.6) is 0 Å². The van der Waals surface area contributed by atoms with Crippen molar-refractivity contribution in [2.75, 3.05) is 7.05 Å². The van der Waals surface area contributed by atoms with Crippen LogP contribution < -0.4 is 5.32 Å². The van der Waals surface area contributed by atoms with E-state index in [-0.39, 0.29) is 5.91 Å². The lowest BCUT2D eigenvalue weighted by molar-refractivity contribution is 0.0958. The highest BCUT2D eigenvalue weighted by Crippen LogP contribution is 2.05. The van der Waals surface area contributed by atoms with E-state index in [9.17, 15) is 4.79 Å². The van der Waals surface area contributed by atoms with Crippen molar-refractivity contribution in [3.63, 3.8) is 0 Å². The maximum absolute atomic E-state index is 11.3. The second-order valence-electron chi connectivity index (χ2n) is 2.82. The summed E-state index contributed by atoms with van der Waals surface area (Å²) in [6.07, 6.45) is 4.55. The quantitative estimate of drug-likeness (QED) is 0.746. The van der Waals surface area contributed by atoms with E-state index in [4.69, 9.17) is 0 Å². The summed E-state index contributed by atoms with van der Waals surface area (Å²) in [6, 6.07) is 3.40. The van der Waals surface area contributed by atoms with Crippen LogP contribution in [0.1, 0.15) is 10.5 Å². The molecule has 0 spiro atoms.